The number of nitrogen functional groups attached to an aromatic ring is 1. The van der Waals surface area contributed by atoms with Crippen molar-refractivity contribution in [1.82, 2.24) is 9.97 Å². The highest BCUT2D eigenvalue weighted by Gasteiger charge is 2.29. The Hall–Kier alpha value is -2.20. The molecule has 1 aromatic rings. The van der Waals surface area contributed by atoms with E-state index in [4.69, 9.17) is 10.5 Å². The second kappa shape index (κ2) is 7.88. The summed E-state index contributed by atoms with van der Waals surface area (Å²) in [6, 6.07) is 0. The first-order valence-corrected chi connectivity index (χ1v) is 7.64. The highest BCUT2D eigenvalue weighted by molar-refractivity contribution is 5.71. The van der Waals surface area contributed by atoms with Gasteiger partial charge in [-0.3, -0.25) is 10.1 Å². The molecule has 4 N–H and O–H groups in total. The molecular formula is C13H24N7O3+. The average molecular weight is 326 g/mol. The van der Waals surface area contributed by atoms with Crippen molar-refractivity contribution in [2.24, 2.45) is 0 Å². The van der Waals surface area contributed by atoms with Crippen LogP contribution in [-0.2, 0) is 4.74 Å². The summed E-state index contributed by atoms with van der Waals surface area (Å²) < 4.78 is 4.98. The van der Waals surface area contributed by atoms with E-state index in [9.17, 15) is 10.1 Å². The molecule has 128 valence electrons. The molecule has 1 saturated heterocycles. The van der Waals surface area contributed by atoms with E-state index in [-0.39, 0.29) is 11.5 Å². The monoisotopic (exact) mass is 326 g/mol. The SMILES string of the molecule is COCCCNc1nc(N)c([N+](=O)[O-])c(N2CC[NH+](C)CC2)n1. The number of hydrogen-bond acceptors (Lipinski definition) is 8. The molecule has 0 atom stereocenters. The van der Waals surface area contributed by atoms with Gasteiger partial charge in [0.25, 0.3) is 0 Å². The number of nitrogens with one attached hydrogen (secondary N) is 2. The first-order chi connectivity index (χ1) is 11.0. The summed E-state index contributed by atoms with van der Waals surface area (Å²) in [5.41, 5.74) is 5.58. The van der Waals surface area contributed by atoms with Crippen LogP contribution in [-0.4, -0.2) is 68.4 Å². The van der Waals surface area contributed by atoms with Gasteiger partial charge in [0.2, 0.25) is 17.6 Å². The first kappa shape index (κ1) is 17.2. The molecule has 2 rings (SSSR count). The first-order valence-electron chi connectivity index (χ1n) is 7.64. The van der Waals surface area contributed by atoms with E-state index in [1.807, 2.05) is 4.90 Å². The minimum absolute atomic E-state index is 0.111. The maximum absolute atomic E-state index is 11.3. The summed E-state index contributed by atoms with van der Waals surface area (Å²) >= 11 is 0. The second-order valence-electron chi connectivity index (χ2n) is 5.58. The van der Waals surface area contributed by atoms with Crippen molar-refractivity contribution in [1.29, 1.82) is 0 Å². The van der Waals surface area contributed by atoms with Crippen molar-refractivity contribution in [3.05, 3.63) is 10.1 Å². The van der Waals surface area contributed by atoms with Gasteiger partial charge in [-0.25, -0.2) is 0 Å². The molecule has 0 bridgehead atoms. The topological polar surface area (TPSA) is 124 Å². The lowest BCUT2D eigenvalue weighted by Gasteiger charge is -2.30. The lowest BCUT2D eigenvalue weighted by Crippen LogP contribution is -3.12. The fourth-order valence-electron chi connectivity index (χ4n) is 2.45. The van der Waals surface area contributed by atoms with Crippen LogP contribution in [0.25, 0.3) is 0 Å². The highest BCUT2D eigenvalue weighted by atomic mass is 16.6. The fraction of sp³-hybridized carbons (Fsp3) is 0.692. The Bertz CT molecular complexity index is 547. The molecule has 1 fully saturated rings. The van der Waals surface area contributed by atoms with Crippen molar-refractivity contribution in [2.75, 3.05) is 69.4 Å². The summed E-state index contributed by atoms with van der Waals surface area (Å²) in [5, 5.41) is 14.4. The predicted octanol–water partition coefficient (Wildman–Crippen LogP) is -1.25. The maximum atomic E-state index is 11.3. The van der Waals surface area contributed by atoms with Crippen molar-refractivity contribution in [3.63, 3.8) is 0 Å². The lowest BCUT2D eigenvalue weighted by atomic mass is 10.3. The molecule has 1 aromatic heterocycles. The zero-order valence-corrected chi connectivity index (χ0v) is 13.5. The molecule has 23 heavy (non-hydrogen) atoms. The smallest absolute Gasteiger partial charge is 0.353 e. The highest BCUT2D eigenvalue weighted by Crippen LogP contribution is 2.31. The van der Waals surface area contributed by atoms with Gasteiger partial charge in [0.05, 0.1) is 38.2 Å². The fourth-order valence-corrected chi connectivity index (χ4v) is 2.45. The second-order valence-corrected chi connectivity index (χ2v) is 5.58. The molecule has 1 aliphatic rings. The number of methoxy groups -OCH3 is 1. The number of aromatic nitrogens is 2. The minimum Gasteiger partial charge on any atom is -0.385 e. The van der Waals surface area contributed by atoms with Crippen LogP contribution >= 0.6 is 0 Å². The van der Waals surface area contributed by atoms with Crippen LogP contribution in [0.4, 0.5) is 23.3 Å². The minimum atomic E-state index is -0.509. The summed E-state index contributed by atoms with van der Waals surface area (Å²) in [4.78, 5) is 22.5. The standard InChI is InChI=1S/C13H23N7O3/c1-18-5-7-19(8-6-18)12-10(20(21)22)11(14)16-13(17-12)15-4-3-9-23-2/h3-9H2,1-2H3,(H3,14,15,16,17)/p+1. The molecule has 0 saturated carbocycles. The normalized spacial score (nSPS) is 15.7. The average Bonchev–Trinajstić information content (AvgIpc) is 2.51. The molecule has 0 spiro atoms. The molecule has 0 unspecified atom stereocenters. The molecule has 1 aliphatic heterocycles. The van der Waals surface area contributed by atoms with Crippen molar-refractivity contribution >= 4 is 23.3 Å². The number of nitrogens with zero attached hydrogens (tertiary/aromatic N) is 4. The molecular weight excluding hydrogens is 302 g/mol. The van der Waals surface area contributed by atoms with Crippen LogP contribution in [0.3, 0.4) is 0 Å². The summed E-state index contributed by atoms with van der Waals surface area (Å²) in [6.07, 6.45) is 0.782. The van der Waals surface area contributed by atoms with E-state index in [1.54, 1.807) is 7.11 Å². The van der Waals surface area contributed by atoms with Gasteiger partial charge >= 0.3 is 5.69 Å². The van der Waals surface area contributed by atoms with Gasteiger partial charge < -0.3 is 25.6 Å². The zero-order chi connectivity index (χ0) is 16.8. The molecule has 0 aliphatic carbocycles. The van der Waals surface area contributed by atoms with Crippen LogP contribution in [0.15, 0.2) is 0 Å². The van der Waals surface area contributed by atoms with Crippen molar-refractivity contribution in [3.8, 4) is 0 Å². The number of ether oxygens (including phenoxy) is 1. The van der Waals surface area contributed by atoms with Crippen molar-refractivity contribution in [2.45, 2.75) is 6.42 Å². The largest absolute Gasteiger partial charge is 0.385 e. The van der Waals surface area contributed by atoms with Gasteiger partial charge in [-0.2, -0.15) is 9.97 Å². The van der Waals surface area contributed by atoms with Gasteiger partial charge in [-0.1, -0.05) is 0 Å². The third-order valence-electron chi connectivity index (χ3n) is 3.80. The summed E-state index contributed by atoms with van der Waals surface area (Å²) in [5.74, 6) is 0.496. The van der Waals surface area contributed by atoms with Gasteiger partial charge in [-0.05, 0) is 6.42 Å². The Morgan fingerprint density at radius 3 is 2.74 bits per heavy atom. The van der Waals surface area contributed by atoms with Crippen LogP contribution in [0.1, 0.15) is 6.42 Å². The number of piperazine rings is 1. The third kappa shape index (κ3) is 4.39. The van der Waals surface area contributed by atoms with Crippen molar-refractivity contribution < 1.29 is 14.6 Å². The van der Waals surface area contributed by atoms with E-state index in [1.165, 1.54) is 4.90 Å². The van der Waals surface area contributed by atoms with Crippen LogP contribution in [0, 0.1) is 10.1 Å². The van der Waals surface area contributed by atoms with Crippen LogP contribution in [0.2, 0.25) is 0 Å². The van der Waals surface area contributed by atoms with Gasteiger partial charge in [-0.15, -0.1) is 0 Å². The zero-order valence-electron chi connectivity index (χ0n) is 13.5. The Morgan fingerprint density at radius 2 is 2.13 bits per heavy atom. The Morgan fingerprint density at radius 1 is 1.43 bits per heavy atom. The van der Waals surface area contributed by atoms with E-state index in [2.05, 4.69) is 22.3 Å². The number of hydrogen-bond donors (Lipinski definition) is 3. The number of quaternary nitrogens is 1. The van der Waals surface area contributed by atoms with Gasteiger partial charge in [0.15, 0.2) is 0 Å². The Labute approximate surface area is 134 Å². The predicted molar refractivity (Wildman–Crippen MR) is 86.9 cm³/mol. The number of nitrogens with two attached hydrogens (primary N) is 1. The van der Waals surface area contributed by atoms with E-state index in [0.717, 1.165) is 19.5 Å². The molecule has 2 heterocycles. The Balaban J connectivity index is 2.22. The van der Waals surface area contributed by atoms with Gasteiger partial charge in [0, 0.05) is 20.3 Å². The third-order valence-corrected chi connectivity index (χ3v) is 3.80. The quantitative estimate of drug-likeness (QED) is 0.323. The number of rotatable bonds is 7. The Kier molecular flexibility index (Phi) is 5.88. The molecule has 0 aromatic carbocycles. The molecule has 10 nitrogen and oxygen atoms in total. The molecule has 0 radical (unpaired) electrons. The maximum Gasteiger partial charge on any atom is 0.353 e. The summed E-state index contributed by atoms with van der Waals surface area (Å²) in [6.45, 7) is 4.43. The number of likely N-dealkylation sites (N-methyl/N-ethyl adjacent to an activating group) is 1. The van der Waals surface area contributed by atoms with E-state index in [0.29, 0.717) is 38.0 Å². The summed E-state index contributed by atoms with van der Waals surface area (Å²) in [7, 11) is 3.73. The molecule has 10 heteroatoms. The van der Waals surface area contributed by atoms with E-state index >= 15 is 0 Å². The molecule has 0 amide bonds. The van der Waals surface area contributed by atoms with Crippen LogP contribution in [0.5, 0.6) is 0 Å². The number of nitro groups is 1. The van der Waals surface area contributed by atoms with E-state index < -0.39 is 4.92 Å². The van der Waals surface area contributed by atoms with Gasteiger partial charge in [0.1, 0.15) is 0 Å². The lowest BCUT2D eigenvalue weighted by molar-refractivity contribution is -0.880. The van der Waals surface area contributed by atoms with Crippen LogP contribution < -0.4 is 20.9 Å². The number of anilines is 3.